The molecule has 3 amide bonds. The summed E-state index contributed by atoms with van der Waals surface area (Å²) in [6.07, 6.45) is 1.55. The van der Waals surface area contributed by atoms with Crippen LogP contribution in [0.1, 0.15) is 26.7 Å². The van der Waals surface area contributed by atoms with E-state index in [1.54, 1.807) is 79.1 Å². The van der Waals surface area contributed by atoms with Crippen LogP contribution in [0.5, 0.6) is 11.5 Å². The van der Waals surface area contributed by atoms with Gasteiger partial charge in [0.25, 0.3) is 11.8 Å². The van der Waals surface area contributed by atoms with E-state index in [2.05, 4.69) is 20.9 Å². The van der Waals surface area contributed by atoms with Gasteiger partial charge in [-0.1, -0.05) is 54.6 Å². The number of hydrogen-bond acceptors (Lipinski definition) is 9. The van der Waals surface area contributed by atoms with Crippen LogP contribution in [0.2, 0.25) is 0 Å². The van der Waals surface area contributed by atoms with Crippen molar-refractivity contribution in [2.75, 3.05) is 24.9 Å². The monoisotopic (exact) mass is 732 g/mol. The Morgan fingerprint density at radius 3 is 2.24 bits per heavy atom. The number of anilines is 2. The maximum atomic E-state index is 13.7. The van der Waals surface area contributed by atoms with Gasteiger partial charge in [-0.25, -0.2) is 4.98 Å². The number of ether oxygens (including phenoxy) is 2. The zero-order valence-electron chi connectivity index (χ0n) is 27.5. The molecule has 0 aliphatic rings. The van der Waals surface area contributed by atoms with Gasteiger partial charge in [-0.15, -0.1) is 34.4 Å². The number of thiophene rings is 1. The number of carbonyl (C=O) groups excluding carboxylic acids is 3. The van der Waals surface area contributed by atoms with Crippen molar-refractivity contribution in [1.82, 2.24) is 10.3 Å². The van der Waals surface area contributed by atoms with Crippen LogP contribution in [0.15, 0.2) is 137 Å². The topological polar surface area (TPSA) is 119 Å². The van der Waals surface area contributed by atoms with Crippen molar-refractivity contribution in [1.29, 1.82) is 0 Å². The fourth-order valence-corrected chi connectivity index (χ4v) is 7.43. The zero-order chi connectivity index (χ0) is 35.6. The number of carbonyl (C=O) groups is 3. The summed E-state index contributed by atoms with van der Waals surface area (Å²) in [5.41, 5.74) is 3.13. The Hall–Kier alpha value is -5.69. The third kappa shape index (κ3) is 9.11. The van der Waals surface area contributed by atoms with E-state index in [1.165, 1.54) is 30.2 Å². The molecule has 2 aromatic heterocycles. The fourth-order valence-electron chi connectivity index (χ4n) is 4.93. The molecule has 9 nitrogen and oxygen atoms in total. The minimum absolute atomic E-state index is 0.0102. The molecule has 51 heavy (non-hydrogen) atoms. The Labute approximate surface area is 307 Å². The first-order valence-corrected chi connectivity index (χ1v) is 18.3. The molecular formula is C39H32N4O5S3. The quantitative estimate of drug-likeness (QED) is 0.0803. The third-order valence-electron chi connectivity index (χ3n) is 7.48. The van der Waals surface area contributed by atoms with Crippen molar-refractivity contribution in [3.05, 3.63) is 148 Å². The van der Waals surface area contributed by atoms with Crippen LogP contribution in [0.25, 0.3) is 16.6 Å². The summed E-state index contributed by atoms with van der Waals surface area (Å²) in [5, 5.41) is 12.5. The van der Waals surface area contributed by atoms with Gasteiger partial charge in [-0.3, -0.25) is 14.4 Å². The van der Waals surface area contributed by atoms with Gasteiger partial charge in [0.2, 0.25) is 5.91 Å². The molecule has 12 heteroatoms. The van der Waals surface area contributed by atoms with Gasteiger partial charge in [-0.05, 0) is 71.6 Å². The molecule has 1 unspecified atom stereocenters. The highest BCUT2D eigenvalue weighted by molar-refractivity contribution is 8.00. The average Bonchev–Trinajstić information content (AvgIpc) is 3.88. The zero-order valence-corrected chi connectivity index (χ0v) is 29.9. The highest BCUT2D eigenvalue weighted by Crippen LogP contribution is 2.37. The SMILES string of the molecule is COc1ccc(/C=C(\NC(=O)c2ccccc2)C(=O)Nc2ccc(SC(C(=O)Nc3nc(-c4cccs4)cs3)c3ccccc3)cc2)c(OC)c1. The summed E-state index contributed by atoms with van der Waals surface area (Å²) in [4.78, 5) is 46.9. The Balaban J connectivity index is 1.19. The van der Waals surface area contributed by atoms with E-state index >= 15 is 0 Å². The number of nitrogens with zero attached hydrogens (tertiary/aromatic N) is 1. The molecule has 0 saturated heterocycles. The molecule has 0 saturated carbocycles. The molecule has 0 fully saturated rings. The van der Waals surface area contributed by atoms with Crippen molar-refractivity contribution >= 4 is 69.1 Å². The predicted molar refractivity (Wildman–Crippen MR) is 206 cm³/mol. The number of aromatic nitrogens is 1. The largest absolute Gasteiger partial charge is 0.497 e. The van der Waals surface area contributed by atoms with E-state index in [4.69, 9.17) is 9.47 Å². The van der Waals surface area contributed by atoms with Crippen molar-refractivity contribution in [3.63, 3.8) is 0 Å². The molecular weight excluding hydrogens is 701 g/mol. The second-order valence-electron chi connectivity index (χ2n) is 10.9. The highest BCUT2D eigenvalue weighted by Gasteiger charge is 2.24. The molecule has 0 aliphatic heterocycles. The van der Waals surface area contributed by atoms with Crippen LogP contribution in [-0.4, -0.2) is 36.9 Å². The minimum atomic E-state index is -0.567. The van der Waals surface area contributed by atoms with E-state index < -0.39 is 17.1 Å². The molecule has 3 N–H and O–H groups in total. The van der Waals surface area contributed by atoms with E-state index in [0.29, 0.717) is 33.4 Å². The maximum absolute atomic E-state index is 13.7. The van der Waals surface area contributed by atoms with Crippen LogP contribution < -0.4 is 25.4 Å². The minimum Gasteiger partial charge on any atom is -0.497 e. The smallest absolute Gasteiger partial charge is 0.272 e. The molecule has 0 bridgehead atoms. The van der Waals surface area contributed by atoms with E-state index in [9.17, 15) is 14.4 Å². The molecule has 0 aliphatic carbocycles. The van der Waals surface area contributed by atoms with Crippen LogP contribution in [0, 0.1) is 0 Å². The number of methoxy groups -OCH3 is 2. The van der Waals surface area contributed by atoms with Crippen molar-refractivity contribution < 1.29 is 23.9 Å². The Bertz CT molecular complexity index is 2140. The summed E-state index contributed by atoms with van der Waals surface area (Å²) in [6.45, 7) is 0. The van der Waals surface area contributed by atoms with Crippen LogP contribution in [0.4, 0.5) is 10.8 Å². The summed E-state index contributed by atoms with van der Waals surface area (Å²) < 4.78 is 10.8. The van der Waals surface area contributed by atoms with Crippen LogP contribution in [0.3, 0.4) is 0 Å². The van der Waals surface area contributed by atoms with Crippen molar-refractivity contribution in [2.24, 2.45) is 0 Å². The van der Waals surface area contributed by atoms with Crippen LogP contribution >= 0.6 is 34.4 Å². The number of amides is 3. The average molecular weight is 733 g/mol. The van der Waals surface area contributed by atoms with Gasteiger partial charge >= 0.3 is 0 Å². The lowest BCUT2D eigenvalue weighted by Gasteiger charge is -2.17. The molecule has 6 rings (SSSR count). The Kier molecular flexibility index (Phi) is 11.6. The Morgan fingerprint density at radius 2 is 1.55 bits per heavy atom. The first-order valence-electron chi connectivity index (χ1n) is 15.6. The predicted octanol–water partition coefficient (Wildman–Crippen LogP) is 8.77. The molecule has 256 valence electrons. The number of thiazole rings is 1. The molecule has 4 aromatic carbocycles. The summed E-state index contributed by atoms with van der Waals surface area (Å²) in [5.74, 6) is -0.135. The summed E-state index contributed by atoms with van der Waals surface area (Å²) in [7, 11) is 3.06. The Morgan fingerprint density at radius 1 is 0.804 bits per heavy atom. The standard InChI is InChI=1S/C39H32N4O5S3/c1-47-29-18-15-27(33(23-29)48-2)22-31(41-36(44)26-12-7-4-8-13-26)37(45)40-28-16-19-30(20-17-28)51-35(25-10-5-3-6-11-25)38(46)43-39-42-32(24-50-39)34-14-9-21-49-34/h3-24,35H,1-2H3,(H,40,45)(H,41,44)(H,42,43,46)/b31-22-. The van der Waals surface area contributed by atoms with Crippen molar-refractivity contribution in [3.8, 4) is 22.1 Å². The van der Waals surface area contributed by atoms with Gasteiger partial charge in [0.15, 0.2) is 5.13 Å². The first kappa shape index (κ1) is 35.1. The third-order valence-corrected chi connectivity index (χ3v) is 10.4. The fraction of sp³-hybridized carbons (Fsp3) is 0.0769. The lowest BCUT2D eigenvalue weighted by atomic mass is 10.1. The van der Waals surface area contributed by atoms with Gasteiger partial charge in [0, 0.05) is 33.2 Å². The lowest BCUT2D eigenvalue weighted by molar-refractivity contribution is -0.116. The normalized spacial score (nSPS) is 11.7. The first-order chi connectivity index (χ1) is 24.9. The lowest BCUT2D eigenvalue weighted by Crippen LogP contribution is -2.30. The van der Waals surface area contributed by atoms with Gasteiger partial charge in [0.05, 0.1) is 24.8 Å². The molecule has 1 atom stereocenters. The van der Waals surface area contributed by atoms with E-state index in [-0.39, 0.29) is 11.6 Å². The second-order valence-corrected chi connectivity index (χ2v) is 13.9. The molecule has 2 heterocycles. The summed E-state index contributed by atoms with van der Waals surface area (Å²) >= 11 is 4.36. The molecule has 6 aromatic rings. The highest BCUT2D eigenvalue weighted by atomic mass is 32.2. The maximum Gasteiger partial charge on any atom is 0.272 e. The van der Waals surface area contributed by atoms with Gasteiger partial charge in [-0.2, -0.15) is 0 Å². The van der Waals surface area contributed by atoms with E-state index in [0.717, 1.165) is 21.0 Å². The number of benzene rings is 4. The van der Waals surface area contributed by atoms with Crippen molar-refractivity contribution in [2.45, 2.75) is 10.1 Å². The van der Waals surface area contributed by atoms with Gasteiger partial charge in [0.1, 0.15) is 22.4 Å². The van der Waals surface area contributed by atoms with Gasteiger partial charge < -0.3 is 25.4 Å². The van der Waals surface area contributed by atoms with E-state index in [1.807, 2.05) is 71.4 Å². The number of thioether (sulfide) groups is 1. The molecule has 0 spiro atoms. The molecule has 0 radical (unpaired) electrons. The number of hydrogen-bond donors (Lipinski definition) is 3. The number of nitrogens with one attached hydrogen (secondary N) is 3. The van der Waals surface area contributed by atoms with Crippen LogP contribution in [-0.2, 0) is 9.59 Å². The number of rotatable bonds is 13. The second kappa shape index (κ2) is 16.8. The summed E-state index contributed by atoms with van der Waals surface area (Å²) in [6, 6.07) is 34.5.